The molecule has 100 valence electrons. The number of hydrogen-bond donors (Lipinski definition) is 0. The van der Waals surface area contributed by atoms with E-state index in [1.165, 1.54) is 4.90 Å². The highest BCUT2D eigenvalue weighted by Gasteiger charge is 2.30. The van der Waals surface area contributed by atoms with E-state index in [0.29, 0.717) is 11.3 Å². The zero-order chi connectivity index (χ0) is 14.1. The molecule has 0 radical (unpaired) electrons. The molecule has 0 saturated carbocycles. The van der Waals surface area contributed by atoms with Gasteiger partial charge >= 0.3 is 0 Å². The van der Waals surface area contributed by atoms with Crippen molar-refractivity contribution in [3.63, 3.8) is 0 Å². The number of aryl methyl sites for hydroxylation is 1. The Morgan fingerprint density at radius 3 is 2.80 bits per heavy atom. The van der Waals surface area contributed by atoms with E-state index in [1.54, 1.807) is 18.3 Å². The molecule has 0 unspecified atom stereocenters. The lowest BCUT2D eigenvalue weighted by Gasteiger charge is -2.26. The van der Waals surface area contributed by atoms with Gasteiger partial charge in [0.05, 0.1) is 18.7 Å². The highest BCUT2D eigenvalue weighted by molar-refractivity contribution is 6.09. The molecule has 4 nitrogen and oxygen atoms in total. The Morgan fingerprint density at radius 1 is 1.20 bits per heavy atom. The Hall–Kier alpha value is -2.49. The normalized spacial score (nSPS) is 14.3. The Bertz CT molecular complexity index is 680. The van der Waals surface area contributed by atoms with Crippen LogP contribution in [0.25, 0.3) is 0 Å². The van der Waals surface area contributed by atoms with Gasteiger partial charge in [-0.2, -0.15) is 0 Å². The number of pyridine rings is 1. The van der Waals surface area contributed by atoms with Crippen molar-refractivity contribution in [3.8, 4) is 0 Å². The average Bonchev–Trinajstić information content (AvgIpc) is 2.44. The smallest absolute Gasteiger partial charge is 0.261 e. The predicted octanol–water partition coefficient (Wildman–Crippen LogP) is 2.12. The highest BCUT2D eigenvalue weighted by atomic mass is 16.2. The zero-order valence-electron chi connectivity index (χ0n) is 11.2. The Labute approximate surface area is 117 Å². The van der Waals surface area contributed by atoms with Gasteiger partial charge in [0.15, 0.2) is 0 Å². The first-order valence-corrected chi connectivity index (χ1v) is 6.49. The zero-order valence-corrected chi connectivity index (χ0v) is 11.2. The molecule has 3 rings (SSSR count). The van der Waals surface area contributed by atoms with Gasteiger partial charge in [-0.15, -0.1) is 0 Å². The quantitative estimate of drug-likeness (QED) is 0.782. The Morgan fingerprint density at radius 2 is 2.05 bits per heavy atom. The lowest BCUT2D eigenvalue weighted by atomic mass is 9.96. The van der Waals surface area contributed by atoms with Crippen LogP contribution in [0.4, 0.5) is 0 Å². The first-order valence-electron chi connectivity index (χ1n) is 6.49. The fraction of sp³-hybridized carbons (Fsp3) is 0.188. The van der Waals surface area contributed by atoms with E-state index < -0.39 is 0 Å². The summed E-state index contributed by atoms with van der Waals surface area (Å²) in [6.07, 6.45) is 1.93. The van der Waals surface area contributed by atoms with E-state index >= 15 is 0 Å². The number of rotatable bonds is 2. The number of carbonyl (C=O) groups excluding carboxylic acids is 2. The molecule has 1 aromatic heterocycles. The van der Waals surface area contributed by atoms with Crippen LogP contribution in [0, 0.1) is 6.92 Å². The second kappa shape index (κ2) is 4.89. The average molecular weight is 266 g/mol. The standard InChI is InChI=1S/C16H14N2O2/c1-11-5-6-14-12(8-11)9-15(19)18(16(14)20)10-13-4-2-3-7-17-13/h2-8H,9-10H2,1H3. The van der Waals surface area contributed by atoms with Crippen molar-refractivity contribution >= 4 is 11.8 Å². The summed E-state index contributed by atoms with van der Waals surface area (Å²) in [6, 6.07) is 11.1. The topological polar surface area (TPSA) is 50.3 Å². The van der Waals surface area contributed by atoms with Crippen LogP contribution >= 0.6 is 0 Å². The largest absolute Gasteiger partial charge is 0.274 e. The summed E-state index contributed by atoms with van der Waals surface area (Å²) < 4.78 is 0. The number of hydrogen-bond acceptors (Lipinski definition) is 3. The van der Waals surface area contributed by atoms with Crippen molar-refractivity contribution in [2.24, 2.45) is 0 Å². The minimum atomic E-state index is -0.234. The van der Waals surface area contributed by atoms with Crippen LogP contribution in [-0.2, 0) is 17.8 Å². The Kier molecular flexibility index (Phi) is 3.06. The van der Waals surface area contributed by atoms with Crippen molar-refractivity contribution in [3.05, 3.63) is 65.0 Å². The molecule has 1 aromatic carbocycles. The fourth-order valence-electron chi connectivity index (χ4n) is 2.41. The molecule has 0 aliphatic carbocycles. The molecule has 0 N–H and O–H groups in total. The molecular weight excluding hydrogens is 252 g/mol. The van der Waals surface area contributed by atoms with Crippen LogP contribution in [0.5, 0.6) is 0 Å². The fourth-order valence-corrected chi connectivity index (χ4v) is 2.41. The van der Waals surface area contributed by atoms with Crippen LogP contribution < -0.4 is 0 Å². The lowest BCUT2D eigenvalue weighted by molar-refractivity contribution is -0.128. The van der Waals surface area contributed by atoms with E-state index in [9.17, 15) is 9.59 Å². The molecule has 0 atom stereocenters. The van der Waals surface area contributed by atoms with Crippen LogP contribution in [0.3, 0.4) is 0 Å². The van der Waals surface area contributed by atoms with Gasteiger partial charge in [0.25, 0.3) is 5.91 Å². The van der Waals surface area contributed by atoms with Crippen LogP contribution in [0.15, 0.2) is 42.6 Å². The van der Waals surface area contributed by atoms with Crippen LogP contribution in [0.1, 0.15) is 27.2 Å². The van der Waals surface area contributed by atoms with Crippen LogP contribution in [-0.4, -0.2) is 21.7 Å². The molecule has 2 heterocycles. The van der Waals surface area contributed by atoms with Crippen molar-refractivity contribution in [2.75, 3.05) is 0 Å². The monoisotopic (exact) mass is 266 g/mol. The van der Waals surface area contributed by atoms with Gasteiger partial charge in [-0.25, -0.2) is 0 Å². The number of fused-ring (bicyclic) bond motifs is 1. The van der Waals surface area contributed by atoms with Gasteiger partial charge in [0.1, 0.15) is 0 Å². The summed E-state index contributed by atoms with van der Waals surface area (Å²) in [7, 11) is 0. The summed E-state index contributed by atoms with van der Waals surface area (Å²) in [5.41, 5.74) is 3.20. The molecule has 2 amide bonds. The maximum absolute atomic E-state index is 12.4. The molecule has 1 aliphatic heterocycles. The molecular formula is C16H14N2O2. The van der Waals surface area contributed by atoms with Gasteiger partial charge in [0.2, 0.25) is 5.91 Å². The van der Waals surface area contributed by atoms with E-state index in [0.717, 1.165) is 11.1 Å². The van der Waals surface area contributed by atoms with Crippen molar-refractivity contribution in [1.29, 1.82) is 0 Å². The molecule has 0 spiro atoms. The van der Waals surface area contributed by atoms with Crippen molar-refractivity contribution < 1.29 is 9.59 Å². The third kappa shape index (κ3) is 2.20. The number of amides is 2. The second-order valence-corrected chi connectivity index (χ2v) is 4.94. The number of benzene rings is 1. The molecule has 0 fully saturated rings. The second-order valence-electron chi connectivity index (χ2n) is 4.94. The van der Waals surface area contributed by atoms with Gasteiger partial charge < -0.3 is 0 Å². The lowest BCUT2D eigenvalue weighted by Crippen LogP contribution is -2.41. The van der Waals surface area contributed by atoms with E-state index in [1.807, 2.05) is 31.2 Å². The van der Waals surface area contributed by atoms with E-state index in [4.69, 9.17) is 0 Å². The maximum Gasteiger partial charge on any atom is 0.261 e. The SMILES string of the molecule is Cc1ccc2c(c1)CC(=O)N(Cc1ccccn1)C2=O. The van der Waals surface area contributed by atoms with Gasteiger partial charge in [-0.1, -0.05) is 23.8 Å². The molecule has 20 heavy (non-hydrogen) atoms. The summed E-state index contributed by atoms with van der Waals surface area (Å²) in [4.78, 5) is 30.0. The number of aromatic nitrogens is 1. The van der Waals surface area contributed by atoms with E-state index in [2.05, 4.69) is 4.98 Å². The molecule has 2 aromatic rings. The van der Waals surface area contributed by atoms with Gasteiger partial charge in [-0.05, 0) is 30.7 Å². The first-order chi connectivity index (χ1) is 9.65. The minimum Gasteiger partial charge on any atom is -0.274 e. The van der Waals surface area contributed by atoms with Gasteiger partial charge in [0, 0.05) is 11.8 Å². The van der Waals surface area contributed by atoms with E-state index in [-0.39, 0.29) is 24.8 Å². The number of imide groups is 1. The molecule has 0 saturated heterocycles. The third-order valence-corrected chi connectivity index (χ3v) is 3.43. The highest BCUT2D eigenvalue weighted by Crippen LogP contribution is 2.22. The number of nitrogens with zero attached hydrogens (tertiary/aromatic N) is 2. The molecule has 4 heteroatoms. The molecule has 1 aliphatic rings. The maximum atomic E-state index is 12.4. The van der Waals surface area contributed by atoms with Crippen molar-refractivity contribution in [2.45, 2.75) is 19.9 Å². The predicted molar refractivity (Wildman–Crippen MR) is 74.0 cm³/mol. The van der Waals surface area contributed by atoms with Crippen molar-refractivity contribution in [1.82, 2.24) is 9.88 Å². The summed E-state index contributed by atoms with van der Waals surface area (Å²) >= 11 is 0. The third-order valence-electron chi connectivity index (χ3n) is 3.43. The minimum absolute atomic E-state index is 0.168. The summed E-state index contributed by atoms with van der Waals surface area (Å²) in [5.74, 6) is -0.402. The summed E-state index contributed by atoms with van der Waals surface area (Å²) in [5, 5.41) is 0. The summed E-state index contributed by atoms with van der Waals surface area (Å²) in [6.45, 7) is 2.18. The first kappa shape index (κ1) is 12.5. The van der Waals surface area contributed by atoms with Gasteiger partial charge in [-0.3, -0.25) is 19.5 Å². The van der Waals surface area contributed by atoms with Crippen LogP contribution in [0.2, 0.25) is 0 Å². The molecule has 0 bridgehead atoms. The Balaban J connectivity index is 1.92. The number of carbonyl (C=O) groups is 2.